The van der Waals surface area contributed by atoms with E-state index in [1.54, 1.807) is 11.3 Å². The van der Waals surface area contributed by atoms with Gasteiger partial charge in [0.05, 0.1) is 0 Å². The molecule has 1 atom stereocenters. The molecule has 2 rings (SSSR count). The summed E-state index contributed by atoms with van der Waals surface area (Å²) >= 11 is 1.74. The maximum Gasteiger partial charge on any atom is 0.185 e. The fourth-order valence-electron chi connectivity index (χ4n) is 2.39. The average molecular weight is 268 g/mol. The first-order chi connectivity index (χ1) is 8.79. The molecular weight excluding hydrogens is 244 g/mol. The van der Waals surface area contributed by atoms with E-state index < -0.39 is 0 Å². The monoisotopic (exact) mass is 268 g/mol. The van der Waals surface area contributed by atoms with Crippen molar-refractivity contribution in [2.24, 2.45) is 5.92 Å². The molecule has 0 aromatic carbocycles. The minimum atomic E-state index is 0.733. The Morgan fingerprint density at radius 3 is 2.78 bits per heavy atom. The first kappa shape index (κ1) is 13.8. The van der Waals surface area contributed by atoms with Gasteiger partial charge in [-0.05, 0) is 19.0 Å². The number of nitrogens with zero attached hydrogens (tertiary/aromatic N) is 3. The lowest BCUT2D eigenvalue weighted by Gasteiger charge is -2.35. The van der Waals surface area contributed by atoms with Crippen molar-refractivity contribution in [3.63, 3.8) is 0 Å². The summed E-state index contributed by atoms with van der Waals surface area (Å²) in [5.74, 6) is 0.733. The van der Waals surface area contributed by atoms with E-state index in [0.717, 1.165) is 45.2 Å². The van der Waals surface area contributed by atoms with Gasteiger partial charge in [0.25, 0.3) is 0 Å². The van der Waals surface area contributed by atoms with Gasteiger partial charge in [-0.2, -0.15) is 0 Å². The van der Waals surface area contributed by atoms with Gasteiger partial charge < -0.3 is 10.2 Å². The minimum Gasteiger partial charge on any atom is -0.346 e. The zero-order chi connectivity index (χ0) is 12.8. The van der Waals surface area contributed by atoms with Crippen LogP contribution in [-0.4, -0.2) is 55.7 Å². The van der Waals surface area contributed by atoms with Crippen LogP contribution in [0.3, 0.4) is 0 Å². The number of aromatic nitrogens is 1. The molecular formula is C13H24N4S. The van der Waals surface area contributed by atoms with Gasteiger partial charge >= 0.3 is 0 Å². The van der Waals surface area contributed by atoms with Crippen LogP contribution in [0.15, 0.2) is 11.6 Å². The molecule has 5 heteroatoms. The number of anilines is 1. The molecule has 0 amide bonds. The van der Waals surface area contributed by atoms with Gasteiger partial charge in [-0.3, -0.25) is 4.90 Å². The number of piperazine rings is 1. The van der Waals surface area contributed by atoms with E-state index in [2.05, 4.69) is 39.3 Å². The van der Waals surface area contributed by atoms with E-state index in [1.165, 1.54) is 11.7 Å². The Bertz CT molecular complexity index is 320. The van der Waals surface area contributed by atoms with Crippen LogP contribution in [0.4, 0.5) is 5.13 Å². The standard InChI is InChI=1S/C13H24N4S/c1-3-14-10-12(2)11-16-5-7-17(8-6-16)13-15-4-9-18-13/h4,9,12,14H,3,5-8,10-11H2,1-2H3. The summed E-state index contributed by atoms with van der Waals surface area (Å²) in [7, 11) is 0. The Balaban J connectivity index is 1.70. The number of thiazole rings is 1. The zero-order valence-electron chi connectivity index (χ0n) is 11.4. The van der Waals surface area contributed by atoms with Crippen molar-refractivity contribution in [2.75, 3.05) is 50.7 Å². The molecule has 0 saturated carbocycles. The first-order valence-electron chi connectivity index (χ1n) is 6.87. The maximum absolute atomic E-state index is 4.38. The SMILES string of the molecule is CCNCC(C)CN1CCN(c2nccs2)CC1. The third-order valence-electron chi connectivity index (χ3n) is 3.37. The number of nitrogens with one attached hydrogen (secondary N) is 1. The molecule has 1 aromatic heterocycles. The molecule has 1 N–H and O–H groups in total. The van der Waals surface area contributed by atoms with Crippen molar-refractivity contribution < 1.29 is 0 Å². The lowest BCUT2D eigenvalue weighted by Crippen LogP contribution is -2.48. The topological polar surface area (TPSA) is 31.4 Å². The normalized spacial score (nSPS) is 19.1. The number of hydrogen-bond donors (Lipinski definition) is 1. The Morgan fingerprint density at radius 1 is 1.39 bits per heavy atom. The molecule has 0 radical (unpaired) electrons. The summed E-state index contributed by atoms with van der Waals surface area (Å²) in [4.78, 5) is 9.36. The van der Waals surface area contributed by atoms with Gasteiger partial charge in [0, 0.05) is 44.3 Å². The number of hydrogen-bond acceptors (Lipinski definition) is 5. The van der Waals surface area contributed by atoms with E-state index in [9.17, 15) is 0 Å². The second kappa shape index (κ2) is 7.07. The lowest BCUT2D eigenvalue weighted by atomic mass is 10.1. The van der Waals surface area contributed by atoms with Crippen LogP contribution in [0.2, 0.25) is 0 Å². The summed E-state index contributed by atoms with van der Waals surface area (Å²) in [5, 5.41) is 6.66. The van der Waals surface area contributed by atoms with Crippen LogP contribution in [0.1, 0.15) is 13.8 Å². The predicted octanol–water partition coefficient (Wildman–Crippen LogP) is 1.51. The second-order valence-electron chi connectivity index (χ2n) is 5.02. The predicted molar refractivity (Wildman–Crippen MR) is 78.5 cm³/mol. The van der Waals surface area contributed by atoms with Crippen molar-refractivity contribution in [3.05, 3.63) is 11.6 Å². The van der Waals surface area contributed by atoms with Crippen LogP contribution >= 0.6 is 11.3 Å². The quantitative estimate of drug-likeness (QED) is 0.847. The Labute approximate surface area is 114 Å². The molecule has 0 aliphatic carbocycles. The molecule has 1 fully saturated rings. The van der Waals surface area contributed by atoms with Gasteiger partial charge in [-0.25, -0.2) is 4.98 Å². The maximum atomic E-state index is 4.38. The smallest absolute Gasteiger partial charge is 0.185 e. The van der Waals surface area contributed by atoms with Crippen LogP contribution in [0.5, 0.6) is 0 Å². The van der Waals surface area contributed by atoms with Crippen LogP contribution in [0, 0.1) is 5.92 Å². The molecule has 0 spiro atoms. The molecule has 1 aliphatic heterocycles. The highest BCUT2D eigenvalue weighted by molar-refractivity contribution is 7.13. The van der Waals surface area contributed by atoms with Crippen molar-refractivity contribution in [3.8, 4) is 0 Å². The Morgan fingerprint density at radius 2 is 2.17 bits per heavy atom. The summed E-state index contributed by atoms with van der Waals surface area (Å²) < 4.78 is 0. The highest BCUT2D eigenvalue weighted by Gasteiger charge is 2.19. The number of rotatable bonds is 6. The van der Waals surface area contributed by atoms with Gasteiger partial charge in [-0.1, -0.05) is 13.8 Å². The molecule has 1 aromatic rings. The van der Waals surface area contributed by atoms with Crippen LogP contribution in [0.25, 0.3) is 0 Å². The fourth-order valence-corrected chi connectivity index (χ4v) is 3.09. The molecule has 2 heterocycles. The molecule has 0 bridgehead atoms. The molecule has 1 unspecified atom stereocenters. The van der Waals surface area contributed by atoms with Crippen molar-refractivity contribution in [1.82, 2.24) is 15.2 Å². The van der Waals surface area contributed by atoms with E-state index in [4.69, 9.17) is 0 Å². The summed E-state index contributed by atoms with van der Waals surface area (Å²) in [5.41, 5.74) is 0. The van der Waals surface area contributed by atoms with Gasteiger partial charge in [0.2, 0.25) is 0 Å². The molecule has 102 valence electrons. The van der Waals surface area contributed by atoms with Gasteiger partial charge in [0.1, 0.15) is 0 Å². The second-order valence-corrected chi connectivity index (χ2v) is 5.89. The Hall–Kier alpha value is -0.650. The van der Waals surface area contributed by atoms with Crippen molar-refractivity contribution in [2.45, 2.75) is 13.8 Å². The molecule has 1 saturated heterocycles. The third kappa shape index (κ3) is 3.93. The molecule has 4 nitrogen and oxygen atoms in total. The summed E-state index contributed by atoms with van der Waals surface area (Å²) in [6.07, 6.45) is 1.89. The molecule has 1 aliphatic rings. The van der Waals surface area contributed by atoms with Gasteiger partial charge in [0.15, 0.2) is 5.13 Å². The van der Waals surface area contributed by atoms with Crippen LogP contribution in [-0.2, 0) is 0 Å². The first-order valence-corrected chi connectivity index (χ1v) is 7.75. The van der Waals surface area contributed by atoms with E-state index in [0.29, 0.717) is 0 Å². The third-order valence-corrected chi connectivity index (χ3v) is 4.21. The zero-order valence-corrected chi connectivity index (χ0v) is 12.2. The highest BCUT2D eigenvalue weighted by atomic mass is 32.1. The largest absolute Gasteiger partial charge is 0.346 e. The summed E-state index contributed by atoms with van der Waals surface area (Å²) in [6, 6.07) is 0. The Kier molecular flexibility index (Phi) is 5.41. The van der Waals surface area contributed by atoms with E-state index >= 15 is 0 Å². The van der Waals surface area contributed by atoms with Crippen LogP contribution < -0.4 is 10.2 Å². The van der Waals surface area contributed by atoms with E-state index in [-0.39, 0.29) is 0 Å². The van der Waals surface area contributed by atoms with Crippen molar-refractivity contribution >= 4 is 16.5 Å². The highest BCUT2D eigenvalue weighted by Crippen LogP contribution is 2.19. The fraction of sp³-hybridized carbons (Fsp3) is 0.769. The average Bonchev–Trinajstić information content (AvgIpc) is 2.91. The van der Waals surface area contributed by atoms with Crippen molar-refractivity contribution in [1.29, 1.82) is 0 Å². The lowest BCUT2D eigenvalue weighted by molar-refractivity contribution is 0.223. The van der Waals surface area contributed by atoms with Gasteiger partial charge in [-0.15, -0.1) is 11.3 Å². The molecule has 18 heavy (non-hydrogen) atoms. The minimum absolute atomic E-state index is 0.733. The van der Waals surface area contributed by atoms with E-state index in [1.807, 2.05) is 6.20 Å². The summed E-state index contributed by atoms with van der Waals surface area (Å²) in [6.45, 7) is 12.5.